The maximum atomic E-state index is 11.2. The predicted molar refractivity (Wildman–Crippen MR) is 117 cm³/mol. The summed E-state index contributed by atoms with van der Waals surface area (Å²) in [5, 5.41) is 29.1. The van der Waals surface area contributed by atoms with E-state index in [-0.39, 0.29) is 12.3 Å². The molecule has 0 radical (unpaired) electrons. The van der Waals surface area contributed by atoms with Crippen LogP contribution in [0, 0.1) is 5.92 Å². The predicted octanol–water partition coefficient (Wildman–Crippen LogP) is 3.84. The highest BCUT2D eigenvalue weighted by molar-refractivity contribution is 5.67. The lowest BCUT2D eigenvalue weighted by Crippen LogP contribution is -2.70. The molecule has 0 aromatic heterocycles. The van der Waals surface area contributed by atoms with E-state index >= 15 is 0 Å². The summed E-state index contributed by atoms with van der Waals surface area (Å²) in [4.78, 5) is 11.2. The maximum absolute atomic E-state index is 11.2. The van der Waals surface area contributed by atoms with E-state index in [0.29, 0.717) is 6.42 Å². The van der Waals surface area contributed by atoms with Crippen molar-refractivity contribution < 1.29 is 15.0 Å². The molecule has 0 aliphatic rings. The molecular formula is C22H47N3O3. The highest BCUT2D eigenvalue weighted by Crippen LogP contribution is 2.23. The Morgan fingerprint density at radius 3 is 1.64 bits per heavy atom. The summed E-state index contributed by atoms with van der Waals surface area (Å²) >= 11 is 0. The summed E-state index contributed by atoms with van der Waals surface area (Å²) in [5.74, 6) is -1.60. The van der Waals surface area contributed by atoms with Gasteiger partial charge in [-0.05, 0) is 39.9 Å². The van der Waals surface area contributed by atoms with Crippen molar-refractivity contribution in [2.24, 2.45) is 5.92 Å². The quantitative estimate of drug-likeness (QED) is 0.157. The van der Waals surface area contributed by atoms with Crippen molar-refractivity contribution >= 4 is 5.97 Å². The fourth-order valence-corrected chi connectivity index (χ4v) is 4.01. The van der Waals surface area contributed by atoms with Gasteiger partial charge in [-0.15, -0.1) is 0 Å². The average molecular weight is 402 g/mol. The molecule has 0 saturated carbocycles. The second-order valence-corrected chi connectivity index (χ2v) is 8.10. The van der Waals surface area contributed by atoms with Crippen LogP contribution < -0.4 is 16.0 Å². The highest BCUT2D eigenvalue weighted by atomic mass is 16.4. The molecule has 0 rings (SSSR count). The Kier molecular flexibility index (Phi) is 16.8. The summed E-state index contributed by atoms with van der Waals surface area (Å²) in [6.45, 7) is 2.25. The van der Waals surface area contributed by atoms with Crippen LogP contribution in [0.5, 0.6) is 0 Å². The van der Waals surface area contributed by atoms with Gasteiger partial charge in [-0.3, -0.25) is 20.7 Å². The number of nitrogens with one attached hydrogen (secondary N) is 3. The SMILES string of the molecule is CCCCCCCCCCCCCC(CC(=O)O)CC(O)C(NC)(NC)NC. The van der Waals surface area contributed by atoms with Crippen molar-refractivity contribution in [1.82, 2.24) is 16.0 Å². The lowest BCUT2D eigenvalue weighted by molar-refractivity contribution is -0.138. The number of aliphatic hydroxyl groups excluding tert-OH is 1. The van der Waals surface area contributed by atoms with Gasteiger partial charge in [0.1, 0.15) is 5.79 Å². The maximum Gasteiger partial charge on any atom is 0.303 e. The monoisotopic (exact) mass is 401 g/mol. The number of likely N-dealkylation sites (N-methyl/N-ethyl adjacent to an activating group) is 3. The van der Waals surface area contributed by atoms with Gasteiger partial charge in [-0.25, -0.2) is 0 Å². The van der Waals surface area contributed by atoms with E-state index < -0.39 is 17.9 Å². The van der Waals surface area contributed by atoms with Crippen LogP contribution in [0.2, 0.25) is 0 Å². The lowest BCUT2D eigenvalue weighted by Gasteiger charge is -2.38. The standard InChI is InChI=1S/C22H47N3O3/c1-5-6-7-8-9-10-11-12-13-14-15-16-19(18-21(27)28)17-20(26)22(23-2,24-3)25-4/h19-20,23-26H,5-18H2,1-4H3,(H,27,28). The molecule has 0 aliphatic heterocycles. The van der Waals surface area contributed by atoms with Crippen LogP contribution in [0.1, 0.15) is 96.8 Å². The second-order valence-electron chi connectivity index (χ2n) is 8.10. The Hall–Kier alpha value is -0.690. The lowest BCUT2D eigenvalue weighted by atomic mass is 9.89. The van der Waals surface area contributed by atoms with Crippen LogP contribution in [0.4, 0.5) is 0 Å². The molecule has 0 amide bonds. The van der Waals surface area contributed by atoms with E-state index in [1.807, 2.05) is 0 Å². The topological polar surface area (TPSA) is 93.6 Å². The van der Waals surface area contributed by atoms with Gasteiger partial charge in [-0.1, -0.05) is 77.6 Å². The molecule has 0 aromatic carbocycles. The molecule has 168 valence electrons. The molecular weight excluding hydrogens is 354 g/mol. The smallest absolute Gasteiger partial charge is 0.303 e. The van der Waals surface area contributed by atoms with Crippen LogP contribution >= 0.6 is 0 Å². The van der Waals surface area contributed by atoms with Gasteiger partial charge in [0.05, 0.1) is 6.10 Å². The van der Waals surface area contributed by atoms with Crippen LogP contribution in [0.25, 0.3) is 0 Å². The van der Waals surface area contributed by atoms with Crippen molar-refractivity contribution in [1.29, 1.82) is 0 Å². The van der Waals surface area contributed by atoms with E-state index in [1.54, 1.807) is 21.1 Å². The fourth-order valence-electron chi connectivity index (χ4n) is 4.01. The van der Waals surface area contributed by atoms with E-state index in [0.717, 1.165) is 19.3 Å². The molecule has 0 spiro atoms. The normalized spacial score (nSPS) is 14.2. The number of rotatable bonds is 20. The van der Waals surface area contributed by atoms with E-state index in [4.69, 9.17) is 0 Å². The molecule has 0 fully saturated rings. The minimum atomic E-state index is -0.798. The number of carboxylic acids is 1. The molecule has 28 heavy (non-hydrogen) atoms. The van der Waals surface area contributed by atoms with Crippen molar-refractivity contribution in [3.05, 3.63) is 0 Å². The third kappa shape index (κ3) is 12.0. The summed E-state index contributed by atoms with van der Waals surface area (Å²) in [6, 6.07) is 0. The van der Waals surface area contributed by atoms with Crippen LogP contribution in [0.3, 0.4) is 0 Å². The van der Waals surface area contributed by atoms with Gasteiger partial charge in [0.15, 0.2) is 0 Å². The average Bonchev–Trinajstić information content (AvgIpc) is 2.67. The van der Waals surface area contributed by atoms with Gasteiger partial charge in [-0.2, -0.15) is 0 Å². The van der Waals surface area contributed by atoms with Crippen molar-refractivity contribution in [3.8, 4) is 0 Å². The Balaban J connectivity index is 4.09. The van der Waals surface area contributed by atoms with E-state index in [2.05, 4.69) is 22.9 Å². The Bertz CT molecular complexity index is 368. The first-order valence-corrected chi connectivity index (χ1v) is 11.4. The fraction of sp³-hybridized carbons (Fsp3) is 0.955. The Morgan fingerprint density at radius 1 is 0.821 bits per heavy atom. The van der Waals surface area contributed by atoms with Crippen molar-refractivity contribution in [3.63, 3.8) is 0 Å². The number of unbranched alkanes of at least 4 members (excludes halogenated alkanes) is 10. The highest BCUT2D eigenvalue weighted by Gasteiger charge is 2.35. The third-order valence-electron chi connectivity index (χ3n) is 5.92. The summed E-state index contributed by atoms with van der Waals surface area (Å²) in [5.41, 5.74) is 0. The molecule has 6 nitrogen and oxygen atoms in total. The van der Waals surface area contributed by atoms with E-state index in [1.165, 1.54) is 57.8 Å². The molecule has 0 aliphatic carbocycles. The minimum absolute atomic E-state index is 0.0134. The zero-order valence-corrected chi connectivity index (χ0v) is 18.9. The van der Waals surface area contributed by atoms with Gasteiger partial charge < -0.3 is 10.2 Å². The first kappa shape index (κ1) is 27.3. The molecule has 2 atom stereocenters. The first-order valence-electron chi connectivity index (χ1n) is 11.4. The van der Waals surface area contributed by atoms with Crippen LogP contribution in [-0.2, 0) is 4.79 Å². The van der Waals surface area contributed by atoms with Crippen molar-refractivity contribution in [2.75, 3.05) is 21.1 Å². The summed E-state index contributed by atoms with van der Waals surface area (Å²) < 4.78 is 0. The number of aliphatic hydroxyl groups is 1. The third-order valence-corrected chi connectivity index (χ3v) is 5.92. The van der Waals surface area contributed by atoms with Gasteiger partial charge >= 0.3 is 5.97 Å². The summed E-state index contributed by atoms with van der Waals surface area (Å²) in [6.07, 6.45) is 14.8. The van der Waals surface area contributed by atoms with Gasteiger partial charge in [0.25, 0.3) is 0 Å². The molecule has 2 unspecified atom stereocenters. The number of carbonyl (C=O) groups is 1. The molecule has 0 aromatic rings. The second kappa shape index (κ2) is 17.2. The number of hydrogen-bond donors (Lipinski definition) is 5. The van der Waals surface area contributed by atoms with E-state index in [9.17, 15) is 15.0 Å². The largest absolute Gasteiger partial charge is 0.481 e. The Morgan fingerprint density at radius 2 is 1.25 bits per heavy atom. The van der Waals surface area contributed by atoms with Crippen LogP contribution in [-0.4, -0.2) is 49.2 Å². The number of carboxylic acid groups (broad SMARTS) is 1. The van der Waals surface area contributed by atoms with Gasteiger partial charge in [0, 0.05) is 6.42 Å². The Labute approximate surface area is 173 Å². The first-order chi connectivity index (χ1) is 13.5. The molecule has 0 bridgehead atoms. The van der Waals surface area contributed by atoms with Gasteiger partial charge in [0.2, 0.25) is 0 Å². The molecule has 5 N–H and O–H groups in total. The summed E-state index contributed by atoms with van der Waals surface area (Å²) in [7, 11) is 5.31. The number of aliphatic carboxylic acids is 1. The molecule has 0 saturated heterocycles. The minimum Gasteiger partial charge on any atom is -0.481 e. The molecule has 0 heterocycles. The number of hydrogen-bond acceptors (Lipinski definition) is 5. The van der Waals surface area contributed by atoms with Crippen LogP contribution in [0.15, 0.2) is 0 Å². The van der Waals surface area contributed by atoms with Crippen molar-refractivity contribution in [2.45, 2.75) is 109 Å². The molecule has 6 heteroatoms. The zero-order chi connectivity index (χ0) is 21.3. The zero-order valence-electron chi connectivity index (χ0n) is 18.9.